The molecule has 1 aliphatic heterocycles. The second-order valence-electron chi connectivity index (χ2n) is 5.96. The largest absolute Gasteiger partial charge is 0.362 e. The van der Waals surface area contributed by atoms with Gasteiger partial charge in [0.1, 0.15) is 0 Å². The number of aryl methyl sites for hydroxylation is 2. The summed E-state index contributed by atoms with van der Waals surface area (Å²) < 4.78 is 0.713. The number of benzene rings is 1. The number of fused-ring (bicyclic) bond motifs is 1. The number of anilines is 1. The van der Waals surface area contributed by atoms with E-state index in [1.54, 1.807) is 0 Å². The standard InChI is InChI=1S/C18H20ClN3O2S/c19-16-9-7-14(25-16)8-10-17(23)20-21-18(24)12-22-11-3-5-13-4-1-2-6-15(13)22/h1-2,4,6-7,9H,3,5,8,10-12H2,(H,20,23)(H,21,24). The van der Waals surface area contributed by atoms with Crippen LogP contribution >= 0.6 is 22.9 Å². The predicted octanol–water partition coefficient (Wildman–Crippen LogP) is 2.93. The van der Waals surface area contributed by atoms with Crippen LogP contribution in [0.5, 0.6) is 0 Å². The third kappa shape index (κ3) is 4.96. The van der Waals surface area contributed by atoms with Gasteiger partial charge in [0.05, 0.1) is 10.9 Å². The van der Waals surface area contributed by atoms with Crippen molar-refractivity contribution < 1.29 is 9.59 Å². The van der Waals surface area contributed by atoms with Crippen LogP contribution in [0, 0.1) is 0 Å². The van der Waals surface area contributed by atoms with Crippen molar-refractivity contribution in [1.82, 2.24) is 10.9 Å². The SMILES string of the molecule is O=C(CCc1ccc(Cl)s1)NNC(=O)CN1CCCc2ccccc21. The fraction of sp³-hybridized carbons (Fsp3) is 0.333. The molecular formula is C18H20ClN3O2S. The summed E-state index contributed by atoms with van der Waals surface area (Å²) in [4.78, 5) is 27.1. The number of nitrogens with zero attached hydrogens (tertiary/aromatic N) is 1. The maximum absolute atomic E-state index is 12.1. The lowest BCUT2D eigenvalue weighted by molar-refractivity contribution is -0.128. The normalized spacial score (nSPS) is 13.2. The van der Waals surface area contributed by atoms with Crippen molar-refractivity contribution in [2.24, 2.45) is 0 Å². The Hall–Kier alpha value is -2.05. The van der Waals surface area contributed by atoms with Gasteiger partial charge in [0.15, 0.2) is 0 Å². The van der Waals surface area contributed by atoms with E-state index in [-0.39, 0.29) is 18.4 Å². The zero-order chi connectivity index (χ0) is 17.6. The number of carbonyl (C=O) groups excluding carboxylic acids is 2. The summed E-state index contributed by atoms with van der Waals surface area (Å²) in [5, 5.41) is 0. The molecule has 0 fully saturated rings. The highest BCUT2D eigenvalue weighted by Crippen LogP contribution is 2.26. The Morgan fingerprint density at radius 3 is 2.72 bits per heavy atom. The number of amides is 2. The first-order chi connectivity index (χ1) is 12.1. The van der Waals surface area contributed by atoms with E-state index in [2.05, 4.69) is 16.9 Å². The molecule has 0 bridgehead atoms. The second-order valence-corrected chi connectivity index (χ2v) is 7.76. The first kappa shape index (κ1) is 17.8. The second kappa shape index (κ2) is 8.36. The minimum absolute atomic E-state index is 0.211. The summed E-state index contributed by atoms with van der Waals surface area (Å²) in [5.74, 6) is -0.430. The molecule has 0 saturated carbocycles. The van der Waals surface area contributed by atoms with E-state index in [0.29, 0.717) is 17.2 Å². The van der Waals surface area contributed by atoms with Gasteiger partial charge in [0.2, 0.25) is 5.91 Å². The van der Waals surface area contributed by atoms with Gasteiger partial charge in [-0.2, -0.15) is 0 Å². The van der Waals surface area contributed by atoms with Gasteiger partial charge in [-0.05, 0) is 43.0 Å². The Kier molecular flexibility index (Phi) is 5.94. The maximum atomic E-state index is 12.1. The number of carbonyl (C=O) groups is 2. The van der Waals surface area contributed by atoms with Crippen molar-refractivity contribution >= 4 is 40.4 Å². The van der Waals surface area contributed by atoms with Crippen molar-refractivity contribution in [2.75, 3.05) is 18.0 Å². The average molecular weight is 378 g/mol. The van der Waals surface area contributed by atoms with Crippen molar-refractivity contribution in [2.45, 2.75) is 25.7 Å². The Bertz CT molecular complexity index is 762. The third-order valence-corrected chi connectivity index (χ3v) is 5.40. The van der Waals surface area contributed by atoms with Crippen molar-refractivity contribution in [1.29, 1.82) is 0 Å². The number of hydrogen-bond donors (Lipinski definition) is 2. The predicted molar refractivity (Wildman–Crippen MR) is 101 cm³/mol. The zero-order valence-corrected chi connectivity index (χ0v) is 15.3. The summed E-state index contributed by atoms with van der Waals surface area (Å²) in [5.41, 5.74) is 7.34. The maximum Gasteiger partial charge on any atom is 0.257 e. The van der Waals surface area contributed by atoms with Crippen molar-refractivity contribution in [3.8, 4) is 0 Å². The topological polar surface area (TPSA) is 61.4 Å². The Labute approximate surface area is 155 Å². The van der Waals surface area contributed by atoms with Gasteiger partial charge in [-0.1, -0.05) is 29.8 Å². The molecule has 7 heteroatoms. The van der Waals surface area contributed by atoms with Gasteiger partial charge < -0.3 is 4.90 Å². The van der Waals surface area contributed by atoms with E-state index < -0.39 is 0 Å². The van der Waals surface area contributed by atoms with Gasteiger partial charge in [0, 0.05) is 23.5 Å². The highest BCUT2D eigenvalue weighted by atomic mass is 35.5. The monoisotopic (exact) mass is 377 g/mol. The van der Waals surface area contributed by atoms with Crippen LogP contribution in [0.2, 0.25) is 4.34 Å². The molecule has 5 nitrogen and oxygen atoms in total. The number of hydrazine groups is 1. The molecule has 0 spiro atoms. The smallest absolute Gasteiger partial charge is 0.257 e. The minimum atomic E-state index is -0.218. The summed E-state index contributed by atoms with van der Waals surface area (Å²) >= 11 is 7.33. The fourth-order valence-electron chi connectivity index (χ4n) is 2.91. The molecule has 1 aromatic heterocycles. The van der Waals surface area contributed by atoms with Gasteiger partial charge in [-0.25, -0.2) is 0 Å². The number of para-hydroxylation sites is 1. The molecule has 1 aromatic carbocycles. The highest BCUT2D eigenvalue weighted by molar-refractivity contribution is 7.16. The molecule has 2 amide bonds. The lowest BCUT2D eigenvalue weighted by Gasteiger charge is -2.30. The molecule has 0 aliphatic carbocycles. The summed E-state index contributed by atoms with van der Waals surface area (Å²) in [6, 6.07) is 11.9. The Morgan fingerprint density at radius 1 is 1.12 bits per heavy atom. The molecule has 1 aliphatic rings. The molecule has 2 N–H and O–H groups in total. The molecule has 0 saturated heterocycles. The molecule has 2 aromatic rings. The van der Waals surface area contributed by atoms with Gasteiger partial charge in [0.25, 0.3) is 5.91 Å². The van der Waals surface area contributed by atoms with Gasteiger partial charge >= 0.3 is 0 Å². The van der Waals surface area contributed by atoms with Gasteiger partial charge in [-0.3, -0.25) is 20.4 Å². The Morgan fingerprint density at radius 2 is 1.92 bits per heavy atom. The van der Waals surface area contributed by atoms with Crippen molar-refractivity contribution in [3.63, 3.8) is 0 Å². The number of halogens is 1. The first-order valence-corrected chi connectivity index (χ1v) is 9.46. The molecule has 0 atom stereocenters. The lowest BCUT2D eigenvalue weighted by atomic mass is 10.0. The third-order valence-electron chi connectivity index (χ3n) is 4.11. The number of hydrogen-bond acceptors (Lipinski definition) is 4. The van der Waals surface area contributed by atoms with Crippen LogP contribution in [0.15, 0.2) is 36.4 Å². The van der Waals surface area contributed by atoms with Crippen LogP contribution in [0.1, 0.15) is 23.3 Å². The van der Waals surface area contributed by atoms with E-state index in [0.717, 1.165) is 30.0 Å². The number of nitrogens with one attached hydrogen (secondary N) is 2. The van der Waals surface area contributed by atoms with E-state index in [9.17, 15) is 9.59 Å². The number of rotatable bonds is 5. The van der Waals surface area contributed by atoms with Crippen LogP contribution < -0.4 is 15.8 Å². The summed E-state index contributed by atoms with van der Waals surface area (Å²) in [7, 11) is 0. The Balaban J connectivity index is 1.43. The highest BCUT2D eigenvalue weighted by Gasteiger charge is 2.18. The summed E-state index contributed by atoms with van der Waals surface area (Å²) in [6.45, 7) is 1.08. The van der Waals surface area contributed by atoms with Gasteiger partial charge in [-0.15, -0.1) is 11.3 Å². The van der Waals surface area contributed by atoms with E-state index in [1.165, 1.54) is 16.9 Å². The van der Waals surface area contributed by atoms with E-state index in [4.69, 9.17) is 11.6 Å². The van der Waals surface area contributed by atoms with E-state index in [1.807, 2.05) is 35.2 Å². The molecule has 132 valence electrons. The minimum Gasteiger partial charge on any atom is -0.362 e. The van der Waals surface area contributed by atoms with Crippen LogP contribution in [-0.4, -0.2) is 24.9 Å². The average Bonchev–Trinajstić information content (AvgIpc) is 3.04. The molecule has 2 heterocycles. The van der Waals surface area contributed by atoms with Crippen LogP contribution in [0.4, 0.5) is 5.69 Å². The number of thiophene rings is 1. The molecular weight excluding hydrogens is 358 g/mol. The lowest BCUT2D eigenvalue weighted by Crippen LogP contribution is -2.47. The van der Waals surface area contributed by atoms with Crippen molar-refractivity contribution in [3.05, 3.63) is 51.2 Å². The molecule has 25 heavy (non-hydrogen) atoms. The molecule has 0 unspecified atom stereocenters. The molecule has 0 radical (unpaired) electrons. The molecule has 3 rings (SSSR count). The van der Waals surface area contributed by atoms with Crippen LogP contribution in [0.3, 0.4) is 0 Å². The summed E-state index contributed by atoms with van der Waals surface area (Å²) in [6.07, 6.45) is 2.99. The zero-order valence-electron chi connectivity index (χ0n) is 13.8. The fourth-order valence-corrected chi connectivity index (χ4v) is 4.00. The first-order valence-electron chi connectivity index (χ1n) is 8.26. The van der Waals surface area contributed by atoms with E-state index >= 15 is 0 Å². The van der Waals surface area contributed by atoms with Crippen LogP contribution in [-0.2, 0) is 22.4 Å². The quantitative estimate of drug-likeness (QED) is 0.787. The van der Waals surface area contributed by atoms with Crippen LogP contribution in [0.25, 0.3) is 0 Å².